The first-order valence-corrected chi connectivity index (χ1v) is 17.8. The topological polar surface area (TPSA) is 8.17 Å². The standard InChI is InChI=1S/C46H36N2S/c1-46(2,3)32-23-26-43-39(29-32)38-28-31(22-25-42(38)48(43)34-16-8-5-9-17-34)36-18-10-12-20-41(36)47(33-14-6-4-7-15-33)35-24-27-45-40(30-35)37-19-11-13-21-44(37)49-45/h4-30H,1-3H3. The number of aromatic nitrogens is 1. The number of anilines is 3. The van der Waals surface area contributed by atoms with E-state index < -0.39 is 0 Å². The van der Waals surface area contributed by atoms with Crippen molar-refractivity contribution in [1.29, 1.82) is 0 Å². The van der Waals surface area contributed by atoms with E-state index in [1.807, 2.05) is 11.3 Å². The minimum absolute atomic E-state index is 0.0463. The first-order valence-electron chi connectivity index (χ1n) is 16.9. The van der Waals surface area contributed by atoms with Gasteiger partial charge < -0.3 is 9.47 Å². The van der Waals surface area contributed by atoms with Gasteiger partial charge in [0.25, 0.3) is 0 Å². The van der Waals surface area contributed by atoms with Crippen LogP contribution in [0, 0.1) is 0 Å². The molecule has 0 saturated heterocycles. The molecule has 0 aliphatic carbocycles. The fourth-order valence-corrected chi connectivity index (χ4v) is 8.37. The molecule has 0 saturated carbocycles. The average Bonchev–Trinajstić information content (AvgIpc) is 3.67. The van der Waals surface area contributed by atoms with Crippen molar-refractivity contribution < 1.29 is 0 Å². The molecule has 0 aliphatic rings. The van der Waals surface area contributed by atoms with Gasteiger partial charge in [-0.1, -0.05) is 106 Å². The zero-order valence-electron chi connectivity index (χ0n) is 27.9. The Morgan fingerprint density at radius 1 is 0.490 bits per heavy atom. The van der Waals surface area contributed by atoms with Crippen LogP contribution in [0.4, 0.5) is 17.1 Å². The molecule has 0 amide bonds. The van der Waals surface area contributed by atoms with E-state index in [-0.39, 0.29) is 5.41 Å². The molecule has 7 aromatic carbocycles. The van der Waals surface area contributed by atoms with Gasteiger partial charge in [0.2, 0.25) is 0 Å². The molecule has 3 heteroatoms. The predicted octanol–water partition coefficient (Wildman–Crippen LogP) is 13.6. The third-order valence-corrected chi connectivity index (χ3v) is 10.9. The van der Waals surface area contributed by atoms with Crippen LogP contribution in [-0.2, 0) is 5.41 Å². The molecule has 9 aromatic rings. The molecule has 2 aromatic heterocycles. The first kappa shape index (κ1) is 29.5. The van der Waals surface area contributed by atoms with Crippen molar-refractivity contribution in [2.45, 2.75) is 26.2 Å². The molecule has 0 aliphatic heterocycles. The molecule has 0 spiro atoms. The Bertz CT molecular complexity index is 2640. The maximum absolute atomic E-state index is 2.41. The van der Waals surface area contributed by atoms with Gasteiger partial charge in [0.15, 0.2) is 0 Å². The molecule has 0 N–H and O–H groups in total. The number of para-hydroxylation sites is 3. The summed E-state index contributed by atoms with van der Waals surface area (Å²) in [6, 6.07) is 60.0. The lowest BCUT2D eigenvalue weighted by Gasteiger charge is -2.28. The Morgan fingerprint density at radius 3 is 1.94 bits per heavy atom. The first-order chi connectivity index (χ1) is 23.9. The second-order valence-corrected chi connectivity index (χ2v) is 14.9. The van der Waals surface area contributed by atoms with Crippen molar-refractivity contribution in [3.05, 3.63) is 169 Å². The highest BCUT2D eigenvalue weighted by atomic mass is 32.1. The van der Waals surface area contributed by atoms with Gasteiger partial charge in [-0.25, -0.2) is 0 Å². The van der Waals surface area contributed by atoms with E-state index in [0.29, 0.717) is 0 Å². The Kier molecular flexibility index (Phi) is 6.93. The molecule has 0 atom stereocenters. The zero-order chi connectivity index (χ0) is 33.1. The summed E-state index contributed by atoms with van der Waals surface area (Å²) >= 11 is 1.86. The molecular weight excluding hydrogens is 613 g/mol. The van der Waals surface area contributed by atoms with Crippen molar-refractivity contribution in [2.75, 3.05) is 4.90 Å². The number of rotatable bonds is 5. The third kappa shape index (κ3) is 5.01. The van der Waals surface area contributed by atoms with E-state index in [0.717, 1.165) is 17.1 Å². The molecule has 0 fully saturated rings. The lowest BCUT2D eigenvalue weighted by Crippen LogP contribution is -2.11. The molecule has 236 valence electrons. The Balaban J connectivity index is 1.27. The van der Waals surface area contributed by atoms with Crippen molar-refractivity contribution in [3.8, 4) is 16.8 Å². The number of thiophene rings is 1. The quantitative estimate of drug-likeness (QED) is 0.180. The van der Waals surface area contributed by atoms with Crippen molar-refractivity contribution in [3.63, 3.8) is 0 Å². The zero-order valence-corrected chi connectivity index (χ0v) is 28.7. The number of fused-ring (bicyclic) bond motifs is 6. The maximum atomic E-state index is 2.41. The Labute approximate surface area is 291 Å². The van der Waals surface area contributed by atoms with Crippen LogP contribution in [0.25, 0.3) is 58.8 Å². The van der Waals surface area contributed by atoms with Gasteiger partial charge in [-0.3, -0.25) is 0 Å². The van der Waals surface area contributed by atoms with Gasteiger partial charge in [-0.05, 0) is 95.4 Å². The van der Waals surface area contributed by atoms with E-state index in [2.05, 4.69) is 194 Å². The highest BCUT2D eigenvalue weighted by molar-refractivity contribution is 7.25. The second-order valence-electron chi connectivity index (χ2n) is 13.9. The van der Waals surface area contributed by atoms with Gasteiger partial charge >= 0.3 is 0 Å². The van der Waals surface area contributed by atoms with Crippen LogP contribution < -0.4 is 4.90 Å². The molecule has 9 rings (SSSR count). The van der Waals surface area contributed by atoms with Crippen molar-refractivity contribution in [2.24, 2.45) is 0 Å². The van der Waals surface area contributed by atoms with E-state index in [4.69, 9.17) is 0 Å². The fraction of sp³-hybridized carbons (Fsp3) is 0.0870. The van der Waals surface area contributed by atoms with Crippen molar-refractivity contribution >= 4 is 70.4 Å². The highest BCUT2D eigenvalue weighted by Gasteiger charge is 2.21. The van der Waals surface area contributed by atoms with Crippen LogP contribution in [-0.4, -0.2) is 4.57 Å². The van der Waals surface area contributed by atoms with Gasteiger partial charge in [0, 0.05) is 53.6 Å². The summed E-state index contributed by atoms with van der Waals surface area (Å²) in [5, 5.41) is 5.14. The number of hydrogen-bond donors (Lipinski definition) is 0. The average molecular weight is 649 g/mol. The molecule has 0 radical (unpaired) electrons. The molecule has 49 heavy (non-hydrogen) atoms. The van der Waals surface area contributed by atoms with Gasteiger partial charge in [-0.15, -0.1) is 11.3 Å². The monoisotopic (exact) mass is 648 g/mol. The van der Waals surface area contributed by atoms with Crippen LogP contribution >= 0.6 is 11.3 Å². The number of nitrogens with zero attached hydrogens (tertiary/aromatic N) is 2. The molecule has 2 nitrogen and oxygen atoms in total. The lowest BCUT2D eigenvalue weighted by atomic mass is 9.86. The van der Waals surface area contributed by atoms with E-state index >= 15 is 0 Å². The van der Waals surface area contributed by atoms with Gasteiger partial charge in [-0.2, -0.15) is 0 Å². The minimum Gasteiger partial charge on any atom is -0.310 e. The summed E-state index contributed by atoms with van der Waals surface area (Å²) in [7, 11) is 0. The summed E-state index contributed by atoms with van der Waals surface area (Å²) in [6.07, 6.45) is 0. The third-order valence-electron chi connectivity index (χ3n) is 9.73. The SMILES string of the molecule is CC(C)(C)c1ccc2c(c1)c1cc(-c3ccccc3N(c3ccccc3)c3ccc4sc5ccccc5c4c3)ccc1n2-c1ccccc1. The van der Waals surface area contributed by atoms with Crippen LogP contribution in [0.3, 0.4) is 0 Å². The summed E-state index contributed by atoms with van der Waals surface area (Å²) in [4.78, 5) is 2.41. The van der Waals surface area contributed by atoms with Gasteiger partial charge in [0.05, 0.1) is 16.7 Å². The normalized spacial score (nSPS) is 12.0. The summed E-state index contributed by atoms with van der Waals surface area (Å²) in [5.41, 5.74) is 10.8. The summed E-state index contributed by atoms with van der Waals surface area (Å²) < 4.78 is 5.03. The van der Waals surface area contributed by atoms with E-state index in [9.17, 15) is 0 Å². The van der Waals surface area contributed by atoms with Crippen molar-refractivity contribution in [1.82, 2.24) is 4.57 Å². The Hall–Kier alpha value is -5.64. The smallest absolute Gasteiger partial charge is 0.0541 e. The lowest BCUT2D eigenvalue weighted by molar-refractivity contribution is 0.591. The largest absolute Gasteiger partial charge is 0.310 e. The van der Waals surface area contributed by atoms with E-state index in [1.54, 1.807) is 0 Å². The molecule has 2 heterocycles. The van der Waals surface area contributed by atoms with Crippen LogP contribution in [0.5, 0.6) is 0 Å². The Morgan fingerprint density at radius 2 is 1.14 bits per heavy atom. The summed E-state index contributed by atoms with van der Waals surface area (Å²) in [6.45, 7) is 6.88. The molecular formula is C46H36N2S. The van der Waals surface area contributed by atoms with Gasteiger partial charge in [0.1, 0.15) is 0 Å². The van der Waals surface area contributed by atoms with E-state index in [1.165, 1.54) is 64.4 Å². The molecule has 0 unspecified atom stereocenters. The van der Waals surface area contributed by atoms with Crippen LogP contribution in [0.2, 0.25) is 0 Å². The second kappa shape index (κ2) is 11.5. The summed E-state index contributed by atoms with van der Waals surface area (Å²) in [5.74, 6) is 0. The molecule has 0 bridgehead atoms. The maximum Gasteiger partial charge on any atom is 0.0541 e. The number of hydrogen-bond acceptors (Lipinski definition) is 2. The van der Waals surface area contributed by atoms with Crippen LogP contribution in [0.15, 0.2) is 164 Å². The minimum atomic E-state index is 0.0463. The predicted molar refractivity (Wildman–Crippen MR) is 212 cm³/mol. The number of benzene rings is 7. The fourth-order valence-electron chi connectivity index (χ4n) is 7.28. The van der Waals surface area contributed by atoms with Crippen LogP contribution in [0.1, 0.15) is 26.3 Å². The highest BCUT2D eigenvalue weighted by Crippen LogP contribution is 2.45.